The van der Waals surface area contributed by atoms with Gasteiger partial charge < -0.3 is 4.48 Å². The summed E-state index contributed by atoms with van der Waals surface area (Å²) in [6.45, 7) is 1.31. The molecular formula is C14H26N+. The van der Waals surface area contributed by atoms with Crippen molar-refractivity contribution in [3.05, 3.63) is 23.8 Å². The van der Waals surface area contributed by atoms with E-state index in [1.165, 1.54) is 45.1 Å². The molecule has 0 bridgehead atoms. The van der Waals surface area contributed by atoms with E-state index in [1.54, 1.807) is 5.57 Å². The SMILES string of the molecule is C[N+](C)(C)CCCCCCC1=CC=CC1. The monoisotopic (exact) mass is 208 g/mol. The molecule has 1 nitrogen and oxygen atoms in total. The molecule has 0 radical (unpaired) electrons. The number of hydrogen-bond donors (Lipinski definition) is 0. The molecule has 0 unspecified atom stereocenters. The summed E-state index contributed by atoms with van der Waals surface area (Å²) in [6, 6.07) is 0. The van der Waals surface area contributed by atoms with Crippen LogP contribution in [0.1, 0.15) is 38.5 Å². The Morgan fingerprint density at radius 1 is 1.07 bits per heavy atom. The molecule has 0 heterocycles. The topological polar surface area (TPSA) is 0 Å². The van der Waals surface area contributed by atoms with Gasteiger partial charge in [-0.15, -0.1) is 0 Å². The summed E-state index contributed by atoms with van der Waals surface area (Å²) in [5.74, 6) is 0. The van der Waals surface area contributed by atoms with Gasteiger partial charge in [0.25, 0.3) is 0 Å². The first-order valence-electron chi connectivity index (χ1n) is 6.23. The van der Waals surface area contributed by atoms with Crippen molar-refractivity contribution in [2.75, 3.05) is 27.7 Å². The minimum atomic E-state index is 1.11. The molecule has 0 aromatic carbocycles. The van der Waals surface area contributed by atoms with E-state index in [0.717, 1.165) is 4.48 Å². The number of unbranched alkanes of at least 4 members (excludes halogenated alkanes) is 3. The van der Waals surface area contributed by atoms with Gasteiger partial charge in [0.15, 0.2) is 0 Å². The molecule has 0 aromatic heterocycles. The number of allylic oxidation sites excluding steroid dienone is 4. The summed E-state index contributed by atoms with van der Waals surface area (Å²) in [5, 5.41) is 0. The van der Waals surface area contributed by atoms with Gasteiger partial charge in [-0.2, -0.15) is 0 Å². The van der Waals surface area contributed by atoms with Crippen LogP contribution in [0.25, 0.3) is 0 Å². The first-order chi connectivity index (χ1) is 7.08. The van der Waals surface area contributed by atoms with Crippen LogP contribution in [0.2, 0.25) is 0 Å². The Bertz CT molecular complexity index is 230. The molecule has 0 fully saturated rings. The largest absolute Gasteiger partial charge is 0.331 e. The molecule has 15 heavy (non-hydrogen) atoms. The minimum absolute atomic E-state index is 1.11. The molecule has 1 aliphatic rings. The molecule has 86 valence electrons. The van der Waals surface area contributed by atoms with Gasteiger partial charge in [0.05, 0.1) is 27.7 Å². The molecule has 0 N–H and O–H groups in total. The highest BCUT2D eigenvalue weighted by molar-refractivity contribution is 5.22. The third kappa shape index (κ3) is 6.51. The third-order valence-corrected chi connectivity index (χ3v) is 2.92. The number of hydrogen-bond acceptors (Lipinski definition) is 0. The Kier molecular flexibility index (Phi) is 5.10. The van der Waals surface area contributed by atoms with Crippen LogP contribution in [-0.4, -0.2) is 32.2 Å². The fourth-order valence-corrected chi connectivity index (χ4v) is 1.97. The average molecular weight is 208 g/mol. The molecule has 0 aromatic rings. The fourth-order valence-electron chi connectivity index (χ4n) is 1.97. The van der Waals surface area contributed by atoms with Crippen LogP contribution >= 0.6 is 0 Å². The van der Waals surface area contributed by atoms with Crippen molar-refractivity contribution < 1.29 is 4.48 Å². The Morgan fingerprint density at radius 2 is 1.80 bits per heavy atom. The molecule has 0 aliphatic heterocycles. The number of quaternary nitrogens is 1. The van der Waals surface area contributed by atoms with Gasteiger partial charge in [-0.25, -0.2) is 0 Å². The zero-order valence-corrected chi connectivity index (χ0v) is 10.6. The lowest BCUT2D eigenvalue weighted by atomic mass is 10.1. The van der Waals surface area contributed by atoms with E-state index in [1.807, 2.05) is 0 Å². The molecule has 0 amide bonds. The summed E-state index contributed by atoms with van der Waals surface area (Å²) in [5.41, 5.74) is 1.63. The highest BCUT2D eigenvalue weighted by atomic mass is 15.3. The predicted molar refractivity (Wildman–Crippen MR) is 67.8 cm³/mol. The second kappa shape index (κ2) is 6.12. The summed E-state index contributed by atoms with van der Waals surface area (Å²) < 4.78 is 1.11. The van der Waals surface area contributed by atoms with E-state index < -0.39 is 0 Å². The molecule has 1 heteroatoms. The third-order valence-electron chi connectivity index (χ3n) is 2.92. The van der Waals surface area contributed by atoms with E-state index in [4.69, 9.17) is 0 Å². The van der Waals surface area contributed by atoms with Crippen molar-refractivity contribution in [1.29, 1.82) is 0 Å². The minimum Gasteiger partial charge on any atom is -0.331 e. The van der Waals surface area contributed by atoms with Crippen molar-refractivity contribution >= 4 is 0 Å². The Labute approximate surface area is 95.1 Å². The van der Waals surface area contributed by atoms with Crippen LogP contribution in [-0.2, 0) is 0 Å². The summed E-state index contributed by atoms with van der Waals surface area (Å²) in [4.78, 5) is 0. The second-order valence-corrected chi connectivity index (χ2v) is 5.64. The molecule has 0 spiro atoms. The van der Waals surface area contributed by atoms with Gasteiger partial charge in [0.2, 0.25) is 0 Å². The zero-order chi connectivity index (χ0) is 11.1. The van der Waals surface area contributed by atoms with Crippen molar-refractivity contribution in [1.82, 2.24) is 0 Å². The van der Waals surface area contributed by atoms with Gasteiger partial charge in [-0.1, -0.05) is 30.2 Å². The lowest BCUT2D eigenvalue weighted by molar-refractivity contribution is -0.870. The second-order valence-electron chi connectivity index (χ2n) is 5.64. The van der Waals surface area contributed by atoms with Crippen molar-refractivity contribution in [3.63, 3.8) is 0 Å². The smallest absolute Gasteiger partial charge is 0.0780 e. The lowest BCUT2D eigenvalue weighted by Gasteiger charge is -2.23. The van der Waals surface area contributed by atoms with E-state index in [0.29, 0.717) is 0 Å². The van der Waals surface area contributed by atoms with Gasteiger partial charge in [-0.05, 0) is 32.1 Å². The molecular weight excluding hydrogens is 182 g/mol. The van der Waals surface area contributed by atoms with Gasteiger partial charge in [0, 0.05) is 0 Å². The highest BCUT2D eigenvalue weighted by Gasteiger charge is 2.05. The molecule has 1 rings (SSSR count). The summed E-state index contributed by atoms with van der Waals surface area (Å²) in [6.07, 6.45) is 14.8. The first kappa shape index (κ1) is 12.5. The van der Waals surface area contributed by atoms with Crippen LogP contribution in [0.5, 0.6) is 0 Å². The normalized spacial score (nSPS) is 15.8. The van der Waals surface area contributed by atoms with Crippen LogP contribution < -0.4 is 0 Å². The zero-order valence-electron chi connectivity index (χ0n) is 10.6. The Hall–Kier alpha value is -0.560. The van der Waals surface area contributed by atoms with Crippen molar-refractivity contribution in [2.45, 2.75) is 38.5 Å². The van der Waals surface area contributed by atoms with Crippen LogP contribution in [0, 0.1) is 0 Å². The molecule has 0 saturated heterocycles. The van der Waals surface area contributed by atoms with Crippen molar-refractivity contribution in [2.24, 2.45) is 0 Å². The van der Waals surface area contributed by atoms with Crippen LogP contribution in [0.15, 0.2) is 23.8 Å². The van der Waals surface area contributed by atoms with Gasteiger partial charge >= 0.3 is 0 Å². The predicted octanol–water partition coefficient (Wildman–Crippen LogP) is 3.53. The van der Waals surface area contributed by atoms with Gasteiger partial charge in [0.1, 0.15) is 0 Å². The maximum Gasteiger partial charge on any atom is 0.0780 e. The molecule has 0 saturated carbocycles. The highest BCUT2D eigenvalue weighted by Crippen LogP contribution is 2.18. The summed E-state index contributed by atoms with van der Waals surface area (Å²) in [7, 11) is 6.82. The fraction of sp³-hybridized carbons (Fsp3) is 0.714. The summed E-state index contributed by atoms with van der Waals surface area (Å²) >= 11 is 0. The van der Waals surface area contributed by atoms with Crippen LogP contribution in [0.4, 0.5) is 0 Å². The number of nitrogens with zero attached hydrogens (tertiary/aromatic N) is 1. The van der Waals surface area contributed by atoms with Crippen molar-refractivity contribution in [3.8, 4) is 0 Å². The molecule has 1 aliphatic carbocycles. The van der Waals surface area contributed by atoms with Gasteiger partial charge in [-0.3, -0.25) is 0 Å². The van der Waals surface area contributed by atoms with E-state index in [2.05, 4.69) is 39.4 Å². The molecule has 0 atom stereocenters. The first-order valence-corrected chi connectivity index (χ1v) is 6.23. The number of rotatable bonds is 7. The maximum absolute atomic E-state index is 2.28. The Morgan fingerprint density at radius 3 is 2.40 bits per heavy atom. The van der Waals surface area contributed by atoms with E-state index in [-0.39, 0.29) is 0 Å². The maximum atomic E-state index is 2.28. The standard InChI is InChI=1S/C14H26N/c1-15(2,3)13-9-5-4-6-10-14-11-7-8-12-14/h7-8,11H,4-6,9-10,12-13H2,1-3H3/q+1. The van der Waals surface area contributed by atoms with E-state index >= 15 is 0 Å². The lowest BCUT2D eigenvalue weighted by Crippen LogP contribution is -2.35. The van der Waals surface area contributed by atoms with E-state index in [9.17, 15) is 0 Å². The Balaban J connectivity index is 1.89. The van der Waals surface area contributed by atoms with Crippen LogP contribution in [0.3, 0.4) is 0 Å². The average Bonchev–Trinajstić information content (AvgIpc) is 2.61. The quantitative estimate of drug-likeness (QED) is 0.443.